The summed E-state index contributed by atoms with van der Waals surface area (Å²) in [7, 11) is -4.20. The molecule has 7 heteroatoms. The molecule has 0 atom stereocenters. The average Bonchev–Trinajstić information content (AvgIpc) is 2.28. The Bertz CT molecular complexity index is 553. The Morgan fingerprint density at radius 3 is 2.58 bits per heavy atom. The number of hydrogen-bond donors (Lipinski definition) is 2. The van der Waals surface area contributed by atoms with Gasteiger partial charge in [-0.3, -0.25) is 9.35 Å². The monoisotopic (exact) mass is 288 g/mol. The maximum absolute atomic E-state index is 11.1. The van der Waals surface area contributed by atoms with Crippen molar-refractivity contribution < 1.29 is 27.4 Å². The molecule has 0 aliphatic rings. The average molecular weight is 288 g/mol. The Morgan fingerprint density at radius 2 is 2.00 bits per heavy atom. The van der Waals surface area contributed by atoms with E-state index in [1.54, 1.807) is 23.8 Å². The van der Waals surface area contributed by atoms with Crippen molar-refractivity contribution in [3.63, 3.8) is 0 Å². The number of pyridine rings is 1. The lowest BCUT2D eigenvalue weighted by Gasteiger charge is -2.02. The SMILES string of the molecule is Cc1cc[n+](CCCCCC(=O)O)cc1S(=O)(=O)O. The summed E-state index contributed by atoms with van der Waals surface area (Å²) < 4.78 is 33.0. The molecule has 0 unspecified atom stereocenters. The van der Waals surface area contributed by atoms with E-state index in [1.807, 2.05) is 0 Å². The minimum Gasteiger partial charge on any atom is -0.481 e. The van der Waals surface area contributed by atoms with E-state index < -0.39 is 16.1 Å². The van der Waals surface area contributed by atoms with Gasteiger partial charge in [0, 0.05) is 18.9 Å². The van der Waals surface area contributed by atoms with Crippen LogP contribution in [0.5, 0.6) is 0 Å². The Hall–Kier alpha value is -1.47. The van der Waals surface area contributed by atoms with Crippen LogP contribution in [0, 0.1) is 6.92 Å². The summed E-state index contributed by atoms with van der Waals surface area (Å²) in [6, 6.07) is 1.63. The van der Waals surface area contributed by atoms with Crippen LogP contribution in [-0.4, -0.2) is 24.0 Å². The minimum atomic E-state index is -4.20. The minimum absolute atomic E-state index is 0.0967. The van der Waals surface area contributed by atoms with E-state index >= 15 is 0 Å². The molecular formula is C12H18NO5S+. The maximum atomic E-state index is 11.1. The van der Waals surface area contributed by atoms with Crippen LogP contribution < -0.4 is 4.57 Å². The van der Waals surface area contributed by atoms with Crippen LogP contribution in [0.2, 0.25) is 0 Å². The lowest BCUT2D eigenvalue weighted by Crippen LogP contribution is -2.34. The van der Waals surface area contributed by atoms with Crippen LogP contribution in [0.4, 0.5) is 0 Å². The highest BCUT2D eigenvalue weighted by Crippen LogP contribution is 2.11. The van der Waals surface area contributed by atoms with Gasteiger partial charge in [-0.05, 0) is 25.3 Å². The van der Waals surface area contributed by atoms with E-state index in [-0.39, 0.29) is 11.3 Å². The van der Waals surface area contributed by atoms with Gasteiger partial charge in [0.1, 0.15) is 6.54 Å². The second-order valence-electron chi connectivity index (χ2n) is 4.41. The molecule has 0 bridgehead atoms. The number of unbranched alkanes of at least 4 members (excludes halogenated alkanes) is 2. The fraction of sp³-hybridized carbons (Fsp3) is 0.500. The molecule has 1 rings (SSSR count). The predicted octanol–water partition coefficient (Wildman–Crippen LogP) is 1.17. The molecule has 0 fully saturated rings. The molecule has 0 saturated carbocycles. The zero-order valence-corrected chi connectivity index (χ0v) is 11.6. The normalized spacial score (nSPS) is 11.5. The summed E-state index contributed by atoms with van der Waals surface area (Å²) in [5.74, 6) is -0.809. The van der Waals surface area contributed by atoms with Crippen molar-refractivity contribution in [2.45, 2.75) is 44.0 Å². The molecule has 0 aliphatic carbocycles. The topological polar surface area (TPSA) is 95.5 Å². The Morgan fingerprint density at radius 1 is 1.32 bits per heavy atom. The van der Waals surface area contributed by atoms with Crippen molar-refractivity contribution in [2.75, 3.05) is 0 Å². The van der Waals surface area contributed by atoms with Gasteiger partial charge in [0.25, 0.3) is 0 Å². The first-order valence-electron chi connectivity index (χ1n) is 5.99. The molecule has 0 amide bonds. The third-order valence-corrected chi connectivity index (χ3v) is 3.76. The third kappa shape index (κ3) is 5.35. The largest absolute Gasteiger partial charge is 0.481 e. The van der Waals surface area contributed by atoms with Gasteiger partial charge in [-0.15, -0.1) is 0 Å². The number of hydrogen-bond acceptors (Lipinski definition) is 3. The van der Waals surface area contributed by atoms with E-state index in [1.165, 1.54) is 6.20 Å². The van der Waals surface area contributed by atoms with Gasteiger partial charge in [0.2, 0.25) is 0 Å². The Labute approximate surface area is 112 Å². The molecule has 19 heavy (non-hydrogen) atoms. The number of carbonyl (C=O) groups is 1. The Kier molecular flexibility index (Phi) is 5.44. The number of aryl methyl sites for hydroxylation is 2. The van der Waals surface area contributed by atoms with Crippen LogP contribution in [0.1, 0.15) is 31.2 Å². The highest BCUT2D eigenvalue weighted by molar-refractivity contribution is 7.85. The molecule has 0 aliphatic heterocycles. The standard InChI is InChI=1S/C12H17NO5S/c1-10-6-8-13(9-11(10)19(16,17)18)7-4-2-3-5-12(14)15/h6,8-9H,2-5,7H2,1H3,(H-,14,15,16,17,18)/p+1. The third-order valence-electron chi connectivity index (χ3n) is 2.77. The molecule has 2 N–H and O–H groups in total. The second kappa shape index (κ2) is 6.63. The first-order chi connectivity index (χ1) is 8.80. The van der Waals surface area contributed by atoms with Crippen molar-refractivity contribution in [3.8, 4) is 0 Å². The van der Waals surface area contributed by atoms with Gasteiger partial charge in [0.15, 0.2) is 17.3 Å². The number of carboxylic acids is 1. The zero-order chi connectivity index (χ0) is 14.5. The molecule has 0 radical (unpaired) electrons. The highest BCUT2D eigenvalue weighted by Gasteiger charge is 2.17. The molecule has 0 spiro atoms. The molecule has 1 heterocycles. The van der Waals surface area contributed by atoms with Gasteiger partial charge in [-0.2, -0.15) is 8.42 Å². The van der Waals surface area contributed by atoms with E-state index in [0.29, 0.717) is 18.5 Å². The van der Waals surface area contributed by atoms with Crippen molar-refractivity contribution in [1.29, 1.82) is 0 Å². The fourth-order valence-electron chi connectivity index (χ4n) is 1.74. The predicted molar refractivity (Wildman–Crippen MR) is 67.3 cm³/mol. The van der Waals surface area contributed by atoms with E-state index in [9.17, 15) is 13.2 Å². The van der Waals surface area contributed by atoms with E-state index in [2.05, 4.69) is 0 Å². The zero-order valence-electron chi connectivity index (χ0n) is 10.7. The number of rotatable bonds is 7. The lowest BCUT2D eigenvalue weighted by molar-refractivity contribution is -0.699. The van der Waals surface area contributed by atoms with Gasteiger partial charge in [0.05, 0.1) is 0 Å². The number of aliphatic carboxylic acids is 1. The van der Waals surface area contributed by atoms with Crippen molar-refractivity contribution in [1.82, 2.24) is 0 Å². The summed E-state index contributed by atoms with van der Waals surface area (Å²) in [6.45, 7) is 2.20. The maximum Gasteiger partial charge on any atom is 0.303 e. The molecule has 1 aromatic heterocycles. The molecule has 0 saturated heterocycles. The smallest absolute Gasteiger partial charge is 0.303 e. The summed E-state index contributed by atoms with van der Waals surface area (Å²) in [5.41, 5.74) is 0.490. The Balaban J connectivity index is 2.58. The van der Waals surface area contributed by atoms with Gasteiger partial charge in [-0.25, -0.2) is 4.57 Å². The van der Waals surface area contributed by atoms with E-state index in [0.717, 1.165) is 12.8 Å². The van der Waals surface area contributed by atoms with Crippen LogP contribution >= 0.6 is 0 Å². The summed E-state index contributed by atoms with van der Waals surface area (Å²) in [4.78, 5) is 10.2. The first kappa shape index (κ1) is 15.6. The summed E-state index contributed by atoms with van der Waals surface area (Å²) in [6.07, 6.45) is 5.39. The summed E-state index contributed by atoms with van der Waals surface area (Å²) in [5, 5.41) is 8.49. The van der Waals surface area contributed by atoms with Crippen molar-refractivity contribution in [2.24, 2.45) is 0 Å². The molecule has 106 valence electrons. The van der Waals surface area contributed by atoms with Crippen LogP contribution in [0.3, 0.4) is 0 Å². The van der Waals surface area contributed by atoms with Crippen LogP contribution in [0.15, 0.2) is 23.4 Å². The van der Waals surface area contributed by atoms with Gasteiger partial charge >= 0.3 is 16.1 Å². The van der Waals surface area contributed by atoms with Crippen LogP contribution in [-0.2, 0) is 21.5 Å². The quantitative estimate of drug-likeness (QED) is 0.446. The number of carboxylic acid groups (broad SMARTS) is 1. The fourth-order valence-corrected chi connectivity index (χ4v) is 2.49. The van der Waals surface area contributed by atoms with Crippen molar-refractivity contribution in [3.05, 3.63) is 24.0 Å². The number of aromatic nitrogens is 1. The molecule has 6 nitrogen and oxygen atoms in total. The van der Waals surface area contributed by atoms with Gasteiger partial charge < -0.3 is 5.11 Å². The second-order valence-corrected chi connectivity index (χ2v) is 5.80. The van der Waals surface area contributed by atoms with Crippen LogP contribution in [0.25, 0.3) is 0 Å². The first-order valence-corrected chi connectivity index (χ1v) is 7.43. The van der Waals surface area contributed by atoms with Crippen molar-refractivity contribution >= 4 is 16.1 Å². The molecule has 1 aromatic rings. The lowest BCUT2D eigenvalue weighted by atomic mass is 10.2. The number of nitrogens with zero attached hydrogens (tertiary/aromatic N) is 1. The van der Waals surface area contributed by atoms with E-state index in [4.69, 9.17) is 9.66 Å². The summed E-state index contributed by atoms with van der Waals surface area (Å²) >= 11 is 0. The van der Waals surface area contributed by atoms with Gasteiger partial charge in [-0.1, -0.05) is 0 Å². The highest BCUT2D eigenvalue weighted by atomic mass is 32.2. The molecule has 0 aromatic carbocycles. The molecular weight excluding hydrogens is 270 g/mol.